The quantitative estimate of drug-likeness (QED) is 0.848. The Morgan fingerprint density at radius 2 is 2.26 bits per heavy atom. The Balaban J connectivity index is 1.51. The van der Waals surface area contributed by atoms with Crippen LogP contribution >= 0.6 is 11.3 Å². The minimum atomic E-state index is -0.573. The smallest absolute Gasteiger partial charge is 0.242 e. The van der Waals surface area contributed by atoms with Crippen molar-refractivity contribution in [3.63, 3.8) is 0 Å². The summed E-state index contributed by atoms with van der Waals surface area (Å²) in [6.07, 6.45) is 3.56. The number of aliphatic hydroxyl groups excluding tert-OH is 1. The van der Waals surface area contributed by atoms with Crippen LogP contribution in [0.2, 0.25) is 0 Å². The SMILES string of the molecule is O=C(NC[C@H](O)Cc1ccccc1)[C@@H]1CCCN1c1nccs1. The lowest BCUT2D eigenvalue weighted by molar-refractivity contribution is -0.122. The molecule has 5 nitrogen and oxygen atoms in total. The van der Waals surface area contributed by atoms with E-state index >= 15 is 0 Å². The first-order valence-corrected chi connectivity index (χ1v) is 8.78. The van der Waals surface area contributed by atoms with Gasteiger partial charge in [-0.3, -0.25) is 4.79 Å². The number of carbonyl (C=O) groups is 1. The van der Waals surface area contributed by atoms with Crippen LogP contribution < -0.4 is 10.2 Å². The van der Waals surface area contributed by atoms with E-state index in [9.17, 15) is 9.90 Å². The molecule has 3 rings (SSSR count). The van der Waals surface area contributed by atoms with Gasteiger partial charge in [-0.05, 0) is 18.4 Å². The summed E-state index contributed by atoms with van der Waals surface area (Å²) in [5, 5.41) is 15.8. The molecule has 122 valence electrons. The summed E-state index contributed by atoms with van der Waals surface area (Å²) in [7, 11) is 0. The molecule has 6 heteroatoms. The maximum Gasteiger partial charge on any atom is 0.242 e. The van der Waals surface area contributed by atoms with Gasteiger partial charge in [-0.15, -0.1) is 11.3 Å². The maximum absolute atomic E-state index is 12.4. The van der Waals surface area contributed by atoms with Gasteiger partial charge in [0.05, 0.1) is 6.10 Å². The molecule has 23 heavy (non-hydrogen) atoms. The van der Waals surface area contributed by atoms with Gasteiger partial charge in [0.15, 0.2) is 5.13 Å². The highest BCUT2D eigenvalue weighted by Gasteiger charge is 2.32. The van der Waals surface area contributed by atoms with Crippen molar-refractivity contribution in [3.05, 3.63) is 47.5 Å². The van der Waals surface area contributed by atoms with Crippen LogP contribution in [0.1, 0.15) is 18.4 Å². The second-order valence-electron chi connectivity index (χ2n) is 5.75. The molecule has 1 aliphatic heterocycles. The van der Waals surface area contributed by atoms with E-state index in [1.807, 2.05) is 35.7 Å². The maximum atomic E-state index is 12.4. The summed E-state index contributed by atoms with van der Waals surface area (Å²) in [5.74, 6) is -0.0233. The van der Waals surface area contributed by atoms with Crippen molar-refractivity contribution in [1.29, 1.82) is 0 Å². The van der Waals surface area contributed by atoms with Crippen molar-refractivity contribution < 1.29 is 9.90 Å². The second kappa shape index (κ2) is 7.57. The zero-order valence-corrected chi connectivity index (χ0v) is 13.7. The van der Waals surface area contributed by atoms with E-state index in [0.717, 1.165) is 30.1 Å². The molecule has 2 atom stereocenters. The lowest BCUT2D eigenvalue weighted by Crippen LogP contribution is -2.45. The second-order valence-corrected chi connectivity index (χ2v) is 6.63. The molecular formula is C17H21N3O2S. The number of thiazole rings is 1. The first-order chi connectivity index (χ1) is 11.2. The van der Waals surface area contributed by atoms with Crippen molar-refractivity contribution in [2.45, 2.75) is 31.4 Å². The van der Waals surface area contributed by atoms with Gasteiger partial charge < -0.3 is 15.3 Å². The minimum absolute atomic E-state index is 0.0233. The number of anilines is 1. The monoisotopic (exact) mass is 331 g/mol. The van der Waals surface area contributed by atoms with Crippen molar-refractivity contribution in [2.75, 3.05) is 18.0 Å². The van der Waals surface area contributed by atoms with Gasteiger partial charge >= 0.3 is 0 Å². The van der Waals surface area contributed by atoms with Crippen LogP contribution in [0.4, 0.5) is 5.13 Å². The van der Waals surface area contributed by atoms with E-state index in [2.05, 4.69) is 15.2 Å². The van der Waals surface area contributed by atoms with Crippen molar-refractivity contribution in [2.24, 2.45) is 0 Å². The Morgan fingerprint density at radius 3 is 3.00 bits per heavy atom. The number of aromatic nitrogens is 1. The van der Waals surface area contributed by atoms with Crippen LogP contribution in [0.25, 0.3) is 0 Å². The Labute approximate surface area is 140 Å². The molecule has 1 aromatic heterocycles. The predicted octanol–water partition coefficient (Wildman–Crippen LogP) is 1.83. The lowest BCUT2D eigenvalue weighted by Gasteiger charge is -2.23. The van der Waals surface area contributed by atoms with Crippen LogP contribution in [0.5, 0.6) is 0 Å². The number of nitrogens with one attached hydrogen (secondary N) is 1. The Morgan fingerprint density at radius 1 is 1.43 bits per heavy atom. The van der Waals surface area contributed by atoms with Gasteiger partial charge in [-0.2, -0.15) is 0 Å². The van der Waals surface area contributed by atoms with Crippen LogP contribution in [0.15, 0.2) is 41.9 Å². The number of hydrogen-bond donors (Lipinski definition) is 2. The molecule has 2 N–H and O–H groups in total. The predicted molar refractivity (Wildman–Crippen MR) is 91.6 cm³/mol. The normalized spacial score (nSPS) is 18.8. The van der Waals surface area contributed by atoms with Crippen LogP contribution in [0.3, 0.4) is 0 Å². The van der Waals surface area contributed by atoms with Crippen molar-refractivity contribution >= 4 is 22.4 Å². The van der Waals surface area contributed by atoms with E-state index in [0.29, 0.717) is 6.42 Å². The third kappa shape index (κ3) is 4.09. The average molecular weight is 331 g/mol. The van der Waals surface area contributed by atoms with E-state index < -0.39 is 6.10 Å². The van der Waals surface area contributed by atoms with Gasteiger partial charge in [-0.1, -0.05) is 30.3 Å². The van der Waals surface area contributed by atoms with Gasteiger partial charge in [0.1, 0.15) is 6.04 Å². The fourth-order valence-corrected chi connectivity index (χ4v) is 3.64. The summed E-state index contributed by atoms with van der Waals surface area (Å²) < 4.78 is 0. The van der Waals surface area contributed by atoms with E-state index in [4.69, 9.17) is 0 Å². The zero-order chi connectivity index (χ0) is 16.1. The first kappa shape index (κ1) is 16.0. The number of rotatable bonds is 6. The summed E-state index contributed by atoms with van der Waals surface area (Å²) in [6.45, 7) is 1.13. The Kier molecular flexibility index (Phi) is 5.25. The minimum Gasteiger partial charge on any atom is -0.391 e. The van der Waals surface area contributed by atoms with Crippen molar-refractivity contribution in [1.82, 2.24) is 10.3 Å². The Hall–Kier alpha value is -1.92. The zero-order valence-electron chi connectivity index (χ0n) is 12.9. The fraction of sp³-hybridized carbons (Fsp3) is 0.412. The highest BCUT2D eigenvalue weighted by molar-refractivity contribution is 7.13. The van der Waals surface area contributed by atoms with Gasteiger partial charge in [0.25, 0.3) is 0 Å². The summed E-state index contributed by atoms with van der Waals surface area (Å²) in [5.41, 5.74) is 1.07. The molecule has 2 aromatic rings. The highest BCUT2D eigenvalue weighted by Crippen LogP contribution is 2.27. The average Bonchev–Trinajstić information content (AvgIpc) is 3.24. The first-order valence-electron chi connectivity index (χ1n) is 7.90. The number of aliphatic hydroxyl groups is 1. The van der Waals surface area contributed by atoms with E-state index in [1.165, 1.54) is 0 Å². The Bertz CT molecular complexity index is 618. The number of carbonyl (C=O) groups excluding carboxylic acids is 1. The molecule has 1 aromatic carbocycles. The number of amides is 1. The molecule has 0 radical (unpaired) electrons. The molecule has 0 saturated carbocycles. The number of benzene rings is 1. The molecular weight excluding hydrogens is 310 g/mol. The molecule has 1 amide bonds. The fourth-order valence-electron chi connectivity index (χ4n) is 2.92. The molecule has 1 saturated heterocycles. The number of hydrogen-bond acceptors (Lipinski definition) is 5. The molecule has 0 bridgehead atoms. The standard InChI is InChI=1S/C17H21N3O2S/c21-14(11-13-5-2-1-3-6-13)12-19-16(22)15-7-4-9-20(15)17-18-8-10-23-17/h1-3,5-6,8,10,14-15,21H,4,7,9,11-12H2,(H,19,22)/t14-,15+/m1/s1. The van der Waals surface area contributed by atoms with Crippen LogP contribution in [-0.2, 0) is 11.2 Å². The highest BCUT2D eigenvalue weighted by atomic mass is 32.1. The molecule has 1 aliphatic rings. The lowest BCUT2D eigenvalue weighted by atomic mass is 10.1. The largest absolute Gasteiger partial charge is 0.391 e. The van der Waals surface area contributed by atoms with E-state index in [1.54, 1.807) is 17.5 Å². The third-order valence-corrected chi connectivity index (χ3v) is 4.86. The third-order valence-electron chi connectivity index (χ3n) is 4.05. The molecule has 0 spiro atoms. The van der Waals surface area contributed by atoms with Gasteiger partial charge in [0.2, 0.25) is 5.91 Å². The summed E-state index contributed by atoms with van der Waals surface area (Å²) in [6, 6.07) is 9.63. The topological polar surface area (TPSA) is 65.5 Å². The molecule has 1 fully saturated rings. The molecule has 0 unspecified atom stereocenters. The van der Waals surface area contributed by atoms with Crippen molar-refractivity contribution in [3.8, 4) is 0 Å². The molecule has 2 heterocycles. The van der Waals surface area contributed by atoms with Crippen LogP contribution in [-0.4, -0.2) is 41.2 Å². The van der Waals surface area contributed by atoms with E-state index in [-0.39, 0.29) is 18.5 Å². The van der Waals surface area contributed by atoms with Gasteiger partial charge in [0, 0.05) is 31.1 Å². The number of nitrogens with zero attached hydrogens (tertiary/aromatic N) is 2. The summed E-state index contributed by atoms with van der Waals surface area (Å²) >= 11 is 1.55. The molecule has 0 aliphatic carbocycles. The van der Waals surface area contributed by atoms with Gasteiger partial charge in [-0.25, -0.2) is 4.98 Å². The summed E-state index contributed by atoms with van der Waals surface area (Å²) in [4.78, 5) is 18.8. The van der Waals surface area contributed by atoms with Crippen LogP contribution in [0, 0.1) is 0 Å².